The van der Waals surface area contributed by atoms with Gasteiger partial charge in [-0.1, -0.05) is 25.7 Å². The lowest BCUT2D eigenvalue weighted by Gasteiger charge is -2.17. The number of likely N-dealkylation sites (tertiary alicyclic amines) is 1. The average Bonchev–Trinajstić information content (AvgIpc) is 2.83. The lowest BCUT2D eigenvalue weighted by atomic mass is 10.1. The summed E-state index contributed by atoms with van der Waals surface area (Å²) in [4.78, 5) is 14.4. The number of hydrogen-bond donors (Lipinski definition) is 2. The Labute approximate surface area is 123 Å². The fraction of sp³-hybridized carbons (Fsp3) is 0.938. The number of nitrogens with zero attached hydrogens (tertiary/aromatic N) is 1. The van der Waals surface area contributed by atoms with Crippen LogP contribution in [-0.2, 0) is 4.79 Å². The van der Waals surface area contributed by atoms with Crippen molar-refractivity contribution in [2.24, 2.45) is 0 Å². The van der Waals surface area contributed by atoms with Crippen LogP contribution in [0.3, 0.4) is 0 Å². The first kappa shape index (κ1) is 15.8. The molecule has 0 atom stereocenters. The molecule has 0 aromatic rings. The van der Waals surface area contributed by atoms with Crippen LogP contribution in [0.2, 0.25) is 0 Å². The summed E-state index contributed by atoms with van der Waals surface area (Å²) in [5.41, 5.74) is 0. The van der Waals surface area contributed by atoms with Gasteiger partial charge in [0.2, 0.25) is 5.91 Å². The van der Waals surface area contributed by atoms with E-state index in [1.807, 2.05) is 0 Å². The lowest BCUT2D eigenvalue weighted by molar-refractivity contribution is -0.121. The third kappa shape index (κ3) is 6.23. The summed E-state index contributed by atoms with van der Waals surface area (Å²) >= 11 is 0. The highest BCUT2D eigenvalue weighted by Crippen LogP contribution is 2.16. The molecule has 1 saturated carbocycles. The second kappa shape index (κ2) is 9.35. The summed E-state index contributed by atoms with van der Waals surface area (Å²) in [7, 11) is 0. The zero-order valence-corrected chi connectivity index (χ0v) is 12.8. The fourth-order valence-electron chi connectivity index (χ4n) is 3.34. The van der Waals surface area contributed by atoms with Crippen molar-refractivity contribution in [3.63, 3.8) is 0 Å². The Morgan fingerprint density at radius 3 is 2.40 bits per heavy atom. The van der Waals surface area contributed by atoms with Crippen molar-refractivity contribution in [1.29, 1.82) is 0 Å². The molecule has 20 heavy (non-hydrogen) atoms. The van der Waals surface area contributed by atoms with E-state index >= 15 is 0 Å². The smallest absolute Gasteiger partial charge is 0.234 e. The molecule has 2 N–H and O–H groups in total. The molecule has 1 aliphatic carbocycles. The molecule has 2 aliphatic rings. The summed E-state index contributed by atoms with van der Waals surface area (Å²) in [5, 5.41) is 6.45. The molecule has 1 aliphatic heterocycles. The summed E-state index contributed by atoms with van der Waals surface area (Å²) < 4.78 is 0. The average molecular weight is 281 g/mol. The normalized spacial score (nSPS) is 21.8. The minimum absolute atomic E-state index is 0.179. The van der Waals surface area contributed by atoms with Crippen molar-refractivity contribution in [3.05, 3.63) is 0 Å². The molecule has 0 unspecified atom stereocenters. The first-order valence-electron chi connectivity index (χ1n) is 8.57. The fourth-order valence-corrected chi connectivity index (χ4v) is 3.34. The predicted octanol–water partition coefficient (Wildman–Crippen LogP) is 1.90. The predicted molar refractivity (Wildman–Crippen MR) is 82.8 cm³/mol. The van der Waals surface area contributed by atoms with Gasteiger partial charge in [-0.05, 0) is 58.3 Å². The largest absolute Gasteiger partial charge is 0.352 e. The molecular weight excluding hydrogens is 250 g/mol. The van der Waals surface area contributed by atoms with Crippen LogP contribution in [0.25, 0.3) is 0 Å². The van der Waals surface area contributed by atoms with Gasteiger partial charge in [-0.15, -0.1) is 0 Å². The van der Waals surface area contributed by atoms with E-state index in [0.29, 0.717) is 12.6 Å². The van der Waals surface area contributed by atoms with E-state index in [0.717, 1.165) is 13.0 Å². The quantitative estimate of drug-likeness (QED) is 0.553. The SMILES string of the molecule is O=C(CNCCCN1CCCC1)NC1CCCCCC1. The number of nitrogens with one attached hydrogen (secondary N) is 2. The molecule has 4 heteroatoms. The van der Waals surface area contributed by atoms with Crippen LogP contribution >= 0.6 is 0 Å². The van der Waals surface area contributed by atoms with E-state index in [9.17, 15) is 4.79 Å². The highest BCUT2D eigenvalue weighted by Gasteiger charge is 2.14. The first-order valence-corrected chi connectivity index (χ1v) is 8.57. The molecule has 0 radical (unpaired) electrons. The van der Waals surface area contributed by atoms with Crippen molar-refractivity contribution in [2.45, 2.75) is 63.8 Å². The van der Waals surface area contributed by atoms with Gasteiger partial charge in [0.1, 0.15) is 0 Å². The molecule has 0 aromatic carbocycles. The summed E-state index contributed by atoms with van der Waals surface area (Å²) in [6, 6.07) is 0.427. The molecule has 2 fully saturated rings. The molecule has 0 aromatic heterocycles. The van der Waals surface area contributed by atoms with E-state index in [4.69, 9.17) is 0 Å². The Balaban J connectivity index is 1.46. The molecule has 2 rings (SSSR count). The van der Waals surface area contributed by atoms with Crippen molar-refractivity contribution in [1.82, 2.24) is 15.5 Å². The zero-order chi connectivity index (χ0) is 14.0. The third-order valence-electron chi connectivity index (χ3n) is 4.53. The molecule has 1 saturated heterocycles. The van der Waals surface area contributed by atoms with Gasteiger partial charge in [0.25, 0.3) is 0 Å². The minimum atomic E-state index is 0.179. The number of carbonyl (C=O) groups is 1. The van der Waals surface area contributed by atoms with Gasteiger partial charge in [0.05, 0.1) is 6.54 Å². The Kier molecular flexibility index (Phi) is 7.37. The first-order chi connectivity index (χ1) is 9.84. The van der Waals surface area contributed by atoms with Gasteiger partial charge < -0.3 is 15.5 Å². The highest BCUT2D eigenvalue weighted by molar-refractivity contribution is 5.78. The van der Waals surface area contributed by atoms with Gasteiger partial charge in [-0.2, -0.15) is 0 Å². The standard InChI is InChI=1S/C16H31N3O/c20-16(18-15-8-3-1-2-4-9-15)14-17-10-7-13-19-11-5-6-12-19/h15,17H,1-14H2,(H,18,20). The topological polar surface area (TPSA) is 44.4 Å². The van der Waals surface area contributed by atoms with Crippen molar-refractivity contribution in [3.8, 4) is 0 Å². The third-order valence-corrected chi connectivity index (χ3v) is 4.53. The maximum absolute atomic E-state index is 11.9. The molecule has 1 amide bonds. The van der Waals surface area contributed by atoms with E-state index in [2.05, 4.69) is 15.5 Å². The van der Waals surface area contributed by atoms with Crippen LogP contribution < -0.4 is 10.6 Å². The Bertz CT molecular complexity index is 269. The second-order valence-electron chi connectivity index (χ2n) is 6.34. The van der Waals surface area contributed by atoms with Crippen molar-refractivity contribution < 1.29 is 4.79 Å². The Hall–Kier alpha value is -0.610. The van der Waals surface area contributed by atoms with Crippen molar-refractivity contribution >= 4 is 5.91 Å². The van der Waals surface area contributed by atoms with Gasteiger partial charge in [-0.3, -0.25) is 4.79 Å². The molecular formula is C16H31N3O. The molecule has 116 valence electrons. The molecule has 4 nitrogen and oxygen atoms in total. The van der Waals surface area contributed by atoms with E-state index in [-0.39, 0.29) is 5.91 Å². The van der Waals surface area contributed by atoms with E-state index in [1.54, 1.807) is 0 Å². The number of rotatable bonds is 7. The van der Waals surface area contributed by atoms with Gasteiger partial charge in [0, 0.05) is 6.04 Å². The minimum Gasteiger partial charge on any atom is -0.352 e. The van der Waals surface area contributed by atoms with E-state index < -0.39 is 0 Å². The van der Waals surface area contributed by atoms with Crippen LogP contribution in [0.15, 0.2) is 0 Å². The number of carbonyl (C=O) groups excluding carboxylic acids is 1. The van der Waals surface area contributed by atoms with Crippen LogP contribution in [0.5, 0.6) is 0 Å². The van der Waals surface area contributed by atoms with Crippen LogP contribution in [0.1, 0.15) is 57.8 Å². The Morgan fingerprint density at radius 2 is 1.70 bits per heavy atom. The highest BCUT2D eigenvalue weighted by atomic mass is 16.1. The van der Waals surface area contributed by atoms with Crippen LogP contribution in [0.4, 0.5) is 0 Å². The van der Waals surface area contributed by atoms with Crippen LogP contribution in [-0.4, -0.2) is 49.6 Å². The van der Waals surface area contributed by atoms with Crippen molar-refractivity contribution in [2.75, 3.05) is 32.7 Å². The second-order valence-corrected chi connectivity index (χ2v) is 6.34. The van der Waals surface area contributed by atoms with Gasteiger partial charge >= 0.3 is 0 Å². The van der Waals surface area contributed by atoms with Crippen LogP contribution in [0, 0.1) is 0 Å². The maximum atomic E-state index is 11.9. The monoisotopic (exact) mass is 281 g/mol. The summed E-state index contributed by atoms with van der Waals surface area (Å²) in [5.74, 6) is 0.179. The number of amides is 1. The molecule has 0 bridgehead atoms. The zero-order valence-electron chi connectivity index (χ0n) is 12.8. The maximum Gasteiger partial charge on any atom is 0.234 e. The molecule has 0 spiro atoms. The van der Waals surface area contributed by atoms with E-state index in [1.165, 1.54) is 71.0 Å². The lowest BCUT2D eigenvalue weighted by Crippen LogP contribution is -2.40. The number of hydrogen-bond acceptors (Lipinski definition) is 3. The summed E-state index contributed by atoms with van der Waals surface area (Å²) in [6.45, 7) is 5.15. The summed E-state index contributed by atoms with van der Waals surface area (Å²) in [6.07, 6.45) is 11.4. The van der Waals surface area contributed by atoms with Gasteiger partial charge in [0.15, 0.2) is 0 Å². The van der Waals surface area contributed by atoms with Gasteiger partial charge in [-0.25, -0.2) is 0 Å². The molecule has 1 heterocycles. The Morgan fingerprint density at radius 1 is 1.00 bits per heavy atom.